The molecule has 1 saturated heterocycles. The van der Waals surface area contributed by atoms with Gasteiger partial charge in [-0.05, 0) is 81.5 Å². The van der Waals surface area contributed by atoms with Crippen LogP contribution < -0.4 is 17.2 Å². The first-order valence-corrected chi connectivity index (χ1v) is 28.6. The number of H-pyrrole nitrogens is 1. The Morgan fingerprint density at radius 2 is 1.11 bits per heavy atom. The summed E-state index contributed by atoms with van der Waals surface area (Å²) in [5.41, 5.74) is 32.7. The molecule has 13 heterocycles. The molecule has 16 rings (SSSR count). The Kier molecular flexibility index (Phi) is 20.5. The highest BCUT2D eigenvalue weighted by atomic mass is 16.5. The van der Waals surface area contributed by atoms with Gasteiger partial charge in [0.25, 0.3) is 0 Å². The zero-order chi connectivity index (χ0) is 63.8. The van der Waals surface area contributed by atoms with E-state index in [1.807, 2.05) is 65.7 Å². The maximum absolute atomic E-state index is 9.83. The fraction of sp³-hybridized carbons (Fsp3) is 0.328. The number of nitrogens with two attached hydrogens (primary N) is 3. The number of aryl methyl sites for hydroxylation is 8. The Labute approximate surface area is 521 Å². The monoisotopic (exact) mass is 1240 g/mol. The van der Waals surface area contributed by atoms with Crippen LogP contribution in [0.25, 0.3) is 77.6 Å². The van der Waals surface area contributed by atoms with Gasteiger partial charge in [-0.3, -0.25) is 9.67 Å². The first-order valence-electron chi connectivity index (χ1n) is 28.6. The molecule has 2 unspecified atom stereocenters. The highest BCUT2D eigenvalue weighted by molar-refractivity contribution is 5.86. The number of nitrogens with zero attached hydrogens (tertiary/aromatic N) is 21. The lowest BCUT2D eigenvalue weighted by molar-refractivity contribution is -0.0432. The van der Waals surface area contributed by atoms with Crippen molar-refractivity contribution in [1.82, 2.24) is 107 Å². The lowest BCUT2D eigenvalue weighted by Gasteiger charge is -2.13. The average Bonchev–Trinajstić information content (AvgIpc) is 1.79. The molecule has 30 heteroatoms. The molecule has 91 heavy (non-hydrogen) atoms. The molecule has 2 aliphatic rings. The number of imidazole rings is 5. The zero-order valence-corrected chi connectivity index (χ0v) is 50.9. The quantitative estimate of drug-likeness (QED) is 0.105. The number of aliphatic hydroxyl groups is 4. The second kappa shape index (κ2) is 28.7. The third-order valence-electron chi connectivity index (χ3n) is 15.6. The first-order chi connectivity index (χ1) is 43.4. The summed E-state index contributed by atoms with van der Waals surface area (Å²) in [6, 6.07) is 16.8. The minimum absolute atomic E-state index is 0. The number of para-hydroxylation sites is 1. The third-order valence-corrected chi connectivity index (χ3v) is 15.6. The molecule has 30 nitrogen and oxygen atoms in total. The summed E-state index contributed by atoms with van der Waals surface area (Å²) >= 11 is 0. The van der Waals surface area contributed by atoms with Crippen LogP contribution in [-0.2, 0) is 32.9 Å². The minimum Gasteiger partial charge on any atom is -0.396 e. The number of aliphatic hydroxyl groups excluding tert-OH is 4. The number of nitrogen functional groups attached to an aromatic ring is 3. The van der Waals surface area contributed by atoms with Crippen LogP contribution in [0.2, 0.25) is 0 Å². The number of hydrogen-bond donors (Lipinski definition) is 8. The number of aromatic nitrogens is 22. The number of ether oxygens (including phenoxy) is 1. The van der Waals surface area contributed by atoms with Crippen molar-refractivity contribution in [3.05, 3.63) is 146 Å². The Hall–Kier alpha value is -10.5. The Morgan fingerprint density at radius 3 is 1.75 bits per heavy atom. The molecule has 0 bridgehead atoms. The van der Waals surface area contributed by atoms with Crippen molar-refractivity contribution in [2.24, 2.45) is 34.1 Å². The van der Waals surface area contributed by atoms with Gasteiger partial charge in [0.15, 0.2) is 45.6 Å². The van der Waals surface area contributed by atoms with E-state index in [4.69, 9.17) is 27.0 Å². The molecule has 0 spiro atoms. The van der Waals surface area contributed by atoms with Crippen molar-refractivity contribution in [2.45, 2.75) is 85.0 Å². The van der Waals surface area contributed by atoms with Gasteiger partial charge >= 0.3 is 0 Å². The van der Waals surface area contributed by atoms with Crippen molar-refractivity contribution in [3.8, 4) is 0 Å². The molecular formula is C61H75N25O5. The molecule has 2 fully saturated rings. The summed E-state index contributed by atoms with van der Waals surface area (Å²) < 4.78 is 17.1. The van der Waals surface area contributed by atoms with Crippen LogP contribution in [0.4, 0.5) is 17.5 Å². The number of fused-ring (bicyclic) bond motifs is 7. The number of aromatic amines is 1. The Morgan fingerprint density at radius 1 is 0.516 bits per heavy atom. The van der Waals surface area contributed by atoms with Crippen LogP contribution in [-0.4, -0.2) is 159 Å². The molecule has 6 atom stereocenters. The van der Waals surface area contributed by atoms with Crippen LogP contribution in [0.15, 0.2) is 124 Å². The summed E-state index contributed by atoms with van der Waals surface area (Å²) in [4.78, 5) is 56.8. The maximum Gasteiger partial charge on any atom is 0.167 e. The summed E-state index contributed by atoms with van der Waals surface area (Å²) in [6.07, 6.45) is 19.4. The van der Waals surface area contributed by atoms with E-state index in [-0.39, 0.29) is 32.6 Å². The molecule has 14 aromatic rings. The second-order valence-electron chi connectivity index (χ2n) is 21.7. The van der Waals surface area contributed by atoms with E-state index in [0.717, 1.165) is 39.1 Å². The van der Waals surface area contributed by atoms with Gasteiger partial charge in [0.2, 0.25) is 0 Å². The number of hydrogen-bond acceptors (Lipinski definition) is 23. The van der Waals surface area contributed by atoms with Crippen molar-refractivity contribution >= 4 is 95.1 Å². The number of pyridine rings is 1. The normalized spacial score (nSPS) is 17.4. The number of nitrogens with one attached hydrogen (secondary N) is 1. The van der Waals surface area contributed by atoms with Crippen LogP contribution in [0.1, 0.15) is 61.3 Å². The average molecular weight is 1240 g/mol. The molecule has 0 radical (unpaired) electrons. The van der Waals surface area contributed by atoms with Crippen LogP contribution >= 0.6 is 0 Å². The maximum atomic E-state index is 9.83. The highest BCUT2D eigenvalue weighted by Crippen LogP contribution is 2.36. The van der Waals surface area contributed by atoms with Gasteiger partial charge in [-0.2, -0.15) is 5.10 Å². The molecule has 1 aliphatic heterocycles. The molecular weight excluding hydrogens is 1160 g/mol. The SMILES string of the molecule is C.Cc1[nH]nc2c(N)ncnc12.Cc1cccc2c1ccn2C.Cc1cccc2c1ncn2C.Cc1ccnc2c1ncn2C.Cn1cnc2cncnc21.Nc1ncnc2c1ncn2[C@H]1CC(O)[C@@H](CO)C1.Nc1ncnc2c1ncn2[C@H]1CC(O)[C@@H](CO)O1. The van der Waals surface area contributed by atoms with Gasteiger partial charge < -0.3 is 65.2 Å². The minimum atomic E-state index is -0.698. The van der Waals surface area contributed by atoms with Gasteiger partial charge in [0.1, 0.15) is 65.2 Å². The predicted octanol–water partition coefficient (Wildman–Crippen LogP) is 5.65. The summed E-state index contributed by atoms with van der Waals surface area (Å²) in [5, 5.41) is 45.9. The topological polar surface area (TPSA) is 407 Å². The summed E-state index contributed by atoms with van der Waals surface area (Å²) in [7, 11) is 7.93. The molecule has 11 N–H and O–H groups in total. The van der Waals surface area contributed by atoms with E-state index in [2.05, 4.69) is 154 Å². The van der Waals surface area contributed by atoms with E-state index in [1.165, 1.54) is 58.4 Å². The van der Waals surface area contributed by atoms with Crippen molar-refractivity contribution in [1.29, 1.82) is 0 Å². The van der Waals surface area contributed by atoms with Crippen LogP contribution in [0.5, 0.6) is 0 Å². The fourth-order valence-corrected chi connectivity index (χ4v) is 10.5. The molecule has 0 amide bonds. The zero-order valence-electron chi connectivity index (χ0n) is 50.9. The number of rotatable bonds is 4. The molecule has 2 aromatic carbocycles. The molecule has 1 saturated carbocycles. The van der Waals surface area contributed by atoms with E-state index in [0.29, 0.717) is 64.6 Å². The summed E-state index contributed by atoms with van der Waals surface area (Å²) in [5.74, 6) is 0.998. The van der Waals surface area contributed by atoms with Gasteiger partial charge in [-0.1, -0.05) is 31.7 Å². The Balaban J connectivity index is 0.000000127. The number of anilines is 3. The number of benzene rings is 2. The first kappa shape index (κ1) is 64.9. The third kappa shape index (κ3) is 14.2. The lowest BCUT2D eigenvalue weighted by atomic mass is 10.1. The smallest absolute Gasteiger partial charge is 0.167 e. The lowest BCUT2D eigenvalue weighted by Crippen LogP contribution is -2.24. The van der Waals surface area contributed by atoms with Crippen molar-refractivity contribution in [3.63, 3.8) is 0 Å². The van der Waals surface area contributed by atoms with E-state index in [1.54, 1.807) is 42.3 Å². The van der Waals surface area contributed by atoms with Crippen molar-refractivity contribution < 1.29 is 25.2 Å². The molecule has 474 valence electrons. The van der Waals surface area contributed by atoms with E-state index < -0.39 is 24.5 Å². The van der Waals surface area contributed by atoms with E-state index >= 15 is 0 Å². The van der Waals surface area contributed by atoms with Gasteiger partial charge in [0.05, 0.1) is 73.4 Å². The highest BCUT2D eigenvalue weighted by Gasteiger charge is 2.36. The van der Waals surface area contributed by atoms with Gasteiger partial charge in [-0.25, -0.2) is 69.8 Å². The molecule has 1 aliphatic carbocycles. The van der Waals surface area contributed by atoms with Gasteiger partial charge in [0, 0.05) is 76.5 Å². The standard InChI is InChI=1S/C11H15N5O2.C10H13N5O3.C10H11N.C9H10N2.C8H9N3.C6H7N5.C6H6N4.CH4/c12-10-9-11(14-4-13-10)16(5-15-9)7-1-6(3-17)8(18)2-7;11-9-8-10(13-3-12-9)15(4-14-8)7-1-5(17)6(2-16)18-7;1-8-4-3-5-10-9(8)6-7-11(10)2;1-7-4-3-5-8-9(7)10-6-11(8)2;1-6-3-4-9-8-7(6)10-5-11(8)2;1-3-4-5(11-10-3)6(7)9-2-8-4;1-10-4-9-5-2-7-3-8-6(5)10;/h4-8,17-18H,1-3H2,(H2,12,13,14);3-7,16-17H,1-2H2,(H2,11,12,13);3-7H,1-2H3;3-6H,1-2H3;3-5H,1-2H3;2H,1H3,(H,10,11)(H2,7,8,9);2-4H,1H3;1H4/t6-,7-,8?;5?,6-,7-;;;;;;/m11....../s1. The fourth-order valence-electron chi connectivity index (χ4n) is 10.5. The second-order valence-corrected chi connectivity index (χ2v) is 21.7. The summed E-state index contributed by atoms with van der Waals surface area (Å²) in [6.45, 7) is 7.93. The largest absolute Gasteiger partial charge is 0.396 e. The molecule has 12 aromatic heterocycles. The predicted molar refractivity (Wildman–Crippen MR) is 346 cm³/mol. The van der Waals surface area contributed by atoms with Crippen LogP contribution in [0, 0.1) is 33.6 Å². The van der Waals surface area contributed by atoms with Gasteiger partial charge in [-0.15, -0.1) is 0 Å². The van der Waals surface area contributed by atoms with Crippen LogP contribution in [0.3, 0.4) is 0 Å². The van der Waals surface area contributed by atoms with Crippen molar-refractivity contribution in [2.75, 3.05) is 30.4 Å². The Bertz CT molecular complexity index is 4280. The van der Waals surface area contributed by atoms with E-state index in [9.17, 15) is 15.3 Å².